The Morgan fingerprint density at radius 1 is 1.50 bits per heavy atom. The minimum Gasteiger partial charge on any atom is -0.450 e. The average molecular weight is 250 g/mol. The van der Waals surface area contributed by atoms with Crippen LogP contribution in [0, 0.1) is 0 Å². The highest BCUT2D eigenvalue weighted by Crippen LogP contribution is 2.43. The Bertz CT molecular complexity index is 407. The second-order valence-electron chi connectivity index (χ2n) is 6.06. The molecule has 0 radical (unpaired) electrons. The predicted molar refractivity (Wildman–Crippen MR) is 69.0 cm³/mol. The normalized spacial score (nSPS) is 44.7. The molecule has 3 heterocycles. The number of carbonyl (C=O) groups is 1. The summed E-state index contributed by atoms with van der Waals surface area (Å²) in [5, 5.41) is 0. The van der Waals surface area contributed by atoms with E-state index in [0.29, 0.717) is 12.1 Å². The van der Waals surface area contributed by atoms with Gasteiger partial charge in [0.2, 0.25) is 0 Å². The van der Waals surface area contributed by atoms with Gasteiger partial charge in [0.05, 0.1) is 6.04 Å². The van der Waals surface area contributed by atoms with Crippen LogP contribution in [0.2, 0.25) is 0 Å². The van der Waals surface area contributed by atoms with Gasteiger partial charge in [-0.05, 0) is 45.2 Å². The van der Waals surface area contributed by atoms with E-state index in [0.717, 1.165) is 25.0 Å². The highest BCUT2D eigenvalue weighted by atomic mass is 16.6. The van der Waals surface area contributed by atoms with E-state index in [2.05, 4.69) is 18.7 Å². The fraction of sp³-hybridized carbons (Fsp3) is 0.786. The van der Waals surface area contributed by atoms with Crippen molar-refractivity contribution in [2.24, 2.45) is 5.73 Å². The molecule has 0 aromatic carbocycles. The van der Waals surface area contributed by atoms with Crippen molar-refractivity contribution in [3.05, 3.63) is 11.6 Å². The van der Waals surface area contributed by atoms with E-state index in [1.165, 1.54) is 12.8 Å². The number of piperidine rings is 1. The van der Waals surface area contributed by atoms with Gasteiger partial charge in [0.25, 0.3) is 0 Å². The molecule has 2 N–H and O–H groups in total. The van der Waals surface area contributed by atoms with E-state index < -0.39 is 5.60 Å². The number of carbonyl (C=O) groups excluding carboxylic acids is 1. The quantitative estimate of drug-likeness (QED) is 0.656. The first-order valence-electron chi connectivity index (χ1n) is 6.98. The molecule has 4 nitrogen and oxygen atoms in total. The standard InChI is InChI=1S/C14H22N2O2/c1-9-11(15)7-10-8-13(17)18-14(10,2)12-5-3-4-6-16(9)12/h8-9,11-12H,3-7,15H2,1-2H3/t9-,11?,12+,14-/m0/s1. The first kappa shape index (κ1) is 12.2. The van der Waals surface area contributed by atoms with Crippen LogP contribution in [0.4, 0.5) is 0 Å². The second kappa shape index (κ2) is 4.07. The van der Waals surface area contributed by atoms with Gasteiger partial charge in [-0.2, -0.15) is 0 Å². The van der Waals surface area contributed by atoms with Gasteiger partial charge in [0.1, 0.15) is 5.60 Å². The van der Waals surface area contributed by atoms with E-state index in [1.54, 1.807) is 6.08 Å². The molecule has 3 aliphatic rings. The van der Waals surface area contributed by atoms with Crippen LogP contribution in [0.5, 0.6) is 0 Å². The maximum atomic E-state index is 11.6. The van der Waals surface area contributed by atoms with Crippen LogP contribution >= 0.6 is 0 Å². The molecule has 18 heavy (non-hydrogen) atoms. The summed E-state index contributed by atoms with van der Waals surface area (Å²) in [6.07, 6.45) is 5.97. The summed E-state index contributed by atoms with van der Waals surface area (Å²) in [5.74, 6) is -0.195. The van der Waals surface area contributed by atoms with Crippen LogP contribution in [0.1, 0.15) is 39.5 Å². The first-order valence-corrected chi connectivity index (χ1v) is 6.98. The van der Waals surface area contributed by atoms with Gasteiger partial charge in [-0.25, -0.2) is 4.79 Å². The summed E-state index contributed by atoms with van der Waals surface area (Å²) in [6, 6.07) is 0.748. The molecule has 2 saturated heterocycles. The number of esters is 1. The van der Waals surface area contributed by atoms with Gasteiger partial charge in [0, 0.05) is 18.2 Å². The third-order valence-corrected chi connectivity index (χ3v) is 5.02. The molecule has 3 aliphatic heterocycles. The van der Waals surface area contributed by atoms with Gasteiger partial charge in [-0.3, -0.25) is 4.90 Å². The van der Waals surface area contributed by atoms with E-state index in [-0.39, 0.29) is 12.0 Å². The number of rotatable bonds is 0. The van der Waals surface area contributed by atoms with Crippen LogP contribution in [0.3, 0.4) is 0 Å². The molecule has 0 saturated carbocycles. The van der Waals surface area contributed by atoms with Crippen molar-refractivity contribution < 1.29 is 9.53 Å². The number of hydrogen-bond acceptors (Lipinski definition) is 4. The lowest BCUT2D eigenvalue weighted by atomic mass is 9.82. The lowest BCUT2D eigenvalue weighted by Crippen LogP contribution is -2.57. The Kier molecular flexibility index (Phi) is 2.75. The SMILES string of the molecule is C[C@H]1C(N)CC2=CC(=O)O[C@]2(C)[C@H]2CCCCN12. The topological polar surface area (TPSA) is 55.6 Å². The minimum absolute atomic E-state index is 0.0909. The van der Waals surface area contributed by atoms with Crippen LogP contribution in [0.15, 0.2) is 11.6 Å². The van der Waals surface area contributed by atoms with Crippen LogP contribution < -0.4 is 5.73 Å². The average Bonchev–Trinajstić information content (AvgIpc) is 2.60. The summed E-state index contributed by atoms with van der Waals surface area (Å²) in [4.78, 5) is 14.1. The summed E-state index contributed by atoms with van der Waals surface area (Å²) in [5.41, 5.74) is 6.95. The largest absolute Gasteiger partial charge is 0.450 e. The molecule has 0 aromatic rings. The summed E-state index contributed by atoms with van der Waals surface area (Å²) < 4.78 is 5.67. The molecule has 100 valence electrons. The maximum absolute atomic E-state index is 11.6. The molecule has 3 rings (SSSR count). The van der Waals surface area contributed by atoms with E-state index in [1.807, 2.05) is 0 Å². The van der Waals surface area contributed by atoms with Crippen molar-refractivity contribution in [1.82, 2.24) is 4.90 Å². The van der Waals surface area contributed by atoms with Crippen molar-refractivity contribution >= 4 is 5.97 Å². The molecular weight excluding hydrogens is 228 g/mol. The molecular formula is C14H22N2O2. The van der Waals surface area contributed by atoms with Gasteiger partial charge in [-0.1, -0.05) is 6.42 Å². The fourth-order valence-electron chi connectivity index (χ4n) is 3.84. The molecule has 0 amide bonds. The third-order valence-electron chi connectivity index (χ3n) is 5.02. The van der Waals surface area contributed by atoms with E-state index in [9.17, 15) is 4.79 Å². The first-order chi connectivity index (χ1) is 8.52. The smallest absolute Gasteiger partial charge is 0.331 e. The summed E-state index contributed by atoms with van der Waals surface area (Å²) in [7, 11) is 0. The lowest BCUT2D eigenvalue weighted by Gasteiger charge is -2.45. The molecule has 4 heteroatoms. The summed E-state index contributed by atoms with van der Waals surface area (Å²) in [6.45, 7) is 5.34. The number of ether oxygens (including phenoxy) is 1. The van der Waals surface area contributed by atoms with Gasteiger partial charge in [0.15, 0.2) is 0 Å². The van der Waals surface area contributed by atoms with E-state index >= 15 is 0 Å². The zero-order valence-electron chi connectivity index (χ0n) is 11.2. The molecule has 0 bridgehead atoms. The number of nitrogens with zero attached hydrogens (tertiary/aromatic N) is 1. The summed E-state index contributed by atoms with van der Waals surface area (Å²) >= 11 is 0. The number of nitrogens with two attached hydrogens (primary N) is 1. The highest BCUT2D eigenvalue weighted by molar-refractivity contribution is 5.87. The molecule has 2 fully saturated rings. The van der Waals surface area contributed by atoms with Gasteiger partial charge >= 0.3 is 5.97 Å². The number of fused-ring (bicyclic) bond motifs is 3. The molecule has 0 spiro atoms. The van der Waals surface area contributed by atoms with Gasteiger partial charge < -0.3 is 10.5 Å². The zero-order valence-corrected chi connectivity index (χ0v) is 11.2. The molecule has 0 aliphatic carbocycles. The van der Waals surface area contributed by atoms with E-state index in [4.69, 9.17) is 10.5 Å². The van der Waals surface area contributed by atoms with Crippen molar-refractivity contribution in [3.63, 3.8) is 0 Å². The Hall–Kier alpha value is -0.870. The van der Waals surface area contributed by atoms with Crippen LogP contribution in [-0.2, 0) is 9.53 Å². The lowest BCUT2D eigenvalue weighted by molar-refractivity contribution is -0.151. The molecule has 4 atom stereocenters. The Morgan fingerprint density at radius 3 is 3.06 bits per heavy atom. The second-order valence-corrected chi connectivity index (χ2v) is 6.06. The molecule has 1 unspecified atom stereocenters. The number of hydrogen-bond donors (Lipinski definition) is 1. The Balaban J connectivity index is 2.03. The van der Waals surface area contributed by atoms with Crippen LogP contribution in [0.25, 0.3) is 0 Å². The van der Waals surface area contributed by atoms with Crippen molar-refractivity contribution in [2.75, 3.05) is 6.54 Å². The van der Waals surface area contributed by atoms with Crippen molar-refractivity contribution in [2.45, 2.75) is 63.3 Å². The molecule has 0 aromatic heterocycles. The third kappa shape index (κ3) is 1.62. The maximum Gasteiger partial charge on any atom is 0.331 e. The van der Waals surface area contributed by atoms with Crippen LogP contribution in [-0.4, -0.2) is 41.1 Å². The monoisotopic (exact) mass is 250 g/mol. The highest BCUT2D eigenvalue weighted by Gasteiger charge is 2.52. The zero-order chi connectivity index (χ0) is 12.9. The Labute approximate surface area is 108 Å². The van der Waals surface area contributed by atoms with Crippen molar-refractivity contribution in [3.8, 4) is 0 Å². The predicted octanol–water partition coefficient (Wildman–Crippen LogP) is 1.20. The minimum atomic E-state index is -0.445. The van der Waals surface area contributed by atoms with Gasteiger partial charge in [-0.15, -0.1) is 0 Å². The Morgan fingerprint density at radius 2 is 2.28 bits per heavy atom. The fourth-order valence-corrected chi connectivity index (χ4v) is 3.84. The van der Waals surface area contributed by atoms with Crippen molar-refractivity contribution in [1.29, 1.82) is 0 Å².